The number of hydrogen-bond acceptors (Lipinski definition) is 3. The van der Waals surface area contributed by atoms with E-state index in [1.807, 2.05) is 6.07 Å². The normalized spacial score (nSPS) is 12.0. The highest BCUT2D eigenvalue weighted by Gasteiger charge is 2.16. The van der Waals surface area contributed by atoms with Crippen molar-refractivity contribution >= 4 is 5.97 Å². The number of rotatable bonds is 12. The SMILES string of the molecule is O=NC(CCCCCCCCCc1ccccc1)C(=O)O. The maximum absolute atomic E-state index is 10.6. The fourth-order valence-corrected chi connectivity index (χ4v) is 2.42. The molecule has 1 aromatic carbocycles. The van der Waals surface area contributed by atoms with Gasteiger partial charge in [-0.15, -0.1) is 4.91 Å². The Kier molecular flexibility index (Phi) is 9.09. The summed E-state index contributed by atoms with van der Waals surface area (Å²) < 4.78 is 0. The van der Waals surface area contributed by atoms with E-state index in [0.717, 1.165) is 25.7 Å². The van der Waals surface area contributed by atoms with Gasteiger partial charge in [0.25, 0.3) is 0 Å². The fourth-order valence-electron chi connectivity index (χ4n) is 2.42. The van der Waals surface area contributed by atoms with Crippen LogP contribution in [0.1, 0.15) is 56.9 Å². The van der Waals surface area contributed by atoms with E-state index >= 15 is 0 Å². The van der Waals surface area contributed by atoms with Gasteiger partial charge < -0.3 is 5.11 Å². The zero-order valence-corrected chi connectivity index (χ0v) is 12.5. The number of hydrogen-bond donors (Lipinski definition) is 1. The summed E-state index contributed by atoms with van der Waals surface area (Å²) >= 11 is 0. The Balaban J connectivity index is 1.91. The summed E-state index contributed by atoms with van der Waals surface area (Å²) in [5, 5.41) is 11.3. The van der Waals surface area contributed by atoms with Gasteiger partial charge >= 0.3 is 5.97 Å². The van der Waals surface area contributed by atoms with Gasteiger partial charge in [-0.1, -0.05) is 74.0 Å². The molecule has 0 aliphatic heterocycles. The van der Waals surface area contributed by atoms with Gasteiger partial charge in [-0.25, -0.2) is 4.79 Å². The molecule has 0 saturated heterocycles. The van der Waals surface area contributed by atoms with Crippen molar-refractivity contribution in [3.05, 3.63) is 40.8 Å². The van der Waals surface area contributed by atoms with E-state index in [4.69, 9.17) is 5.11 Å². The first-order chi connectivity index (χ1) is 10.2. The number of benzene rings is 1. The monoisotopic (exact) mass is 291 g/mol. The molecule has 21 heavy (non-hydrogen) atoms. The smallest absolute Gasteiger partial charge is 0.332 e. The number of aliphatic carboxylic acids is 1. The molecule has 0 saturated carbocycles. The second-order valence-electron chi connectivity index (χ2n) is 5.46. The third-order valence-electron chi connectivity index (χ3n) is 3.70. The molecule has 0 heterocycles. The minimum atomic E-state index is -1.11. The zero-order valence-electron chi connectivity index (χ0n) is 12.5. The van der Waals surface area contributed by atoms with Crippen LogP contribution >= 0.6 is 0 Å². The van der Waals surface area contributed by atoms with Crippen LogP contribution in [-0.2, 0) is 11.2 Å². The van der Waals surface area contributed by atoms with Crippen molar-refractivity contribution in [3.8, 4) is 0 Å². The highest BCUT2D eigenvalue weighted by atomic mass is 16.4. The molecule has 1 rings (SSSR count). The maximum Gasteiger partial charge on any atom is 0.332 e. The van der Waals surface area contributed by atoms with Gasteiger partial charge in [0.15, 0.2) is 6.04 Å². The van der Waals surface area contributed by atoms with Gasteiger partial charge in [-0.3, -0.25) is 0 Å². The number of nitroso groups, excluding NO2 is 1. The molecule has 1 unspecified atom stereocenters. The van der Waals surface area contributed by atoms with Crippen molar-refractivity contribution in [1.82, 2.24) is 0 Å². The highest BCUT2D eigenvalue weighted by molar-refractivity contribution is 5.73. The van der Waals surface area contributed by atoms with Crippen molar-refractivity contribution in [3.63, 3.8) is 0 Å². The van der Waals surface area contributed by atoms with Crippen LogP contribution in [0.3, 0.4) is 0 Å². The van der Waals surface area contributed by atoms with Crippen LogP contribution in [-0.4, -0.2) is 17.1 Å². The third kappa shape index (κ3) is 8.23. The summed E-state index contributed by atoms with van der Waals surface area (Å²) in [4.78, 5) is 20.9. The summed E-state index contributed by atoms with van der Waals surface area (Å²) in [6, 6.07) is 9.47. The van der Waals surface area contributed by atoms with Crippen LogP contribution in [0.2, 0.25) is 0 Å². The van der Waals surface area contributed by atoms with Crippen LogP contribution < -0.4 is 0 Å². The third-order valence-corrected chi connectivity index (χ3v) is 3.70. The van der Waals surface area contributed by atoms with Crippen molar-refractivity contribution in [1.29, 1.82) is 0 Å². The number of carboxylic acid groups (broad SMARTS) is 1. The standard InChI is InChI=1S/C17H25NO3/c19-17(20)16(18-21)14-10-5-3-1-2-4-7-11-15-12-8-6-9-13-15/h6,8-9,12-13,16H,1-5,7,10-11,14H2,(H,19,20). The lowest BCUT2D eigenvalue weighted by atomic mass is 10.0. The van der Waals surface area contributed by atoms with Gasteiger partial charge in [0, 0.05) is 0 Å². The Bertz CT molecular complexity index is 406. The predicted molar refractivity (Wildman–Crippen MR) is 84.3 cm³/mol. The molecule has 0 amide bonds. The van der Waals surface area contributed by atoms with Crippen LogP contribution in [0.5, 0.6) is 0 Å². The topological polar surface area (TPSA) is 66.7 Å². The summed E-state index contributed by atoms with van der Waals surface area (Å²) in [7, 11) is 0. The molecule has 0 aromatic heterocycles. The Labute approximate surface area is 126 Å². The maximum atomic E-state index is 10.6. The lowest BCUT2D eigenvalue weighted by Crippen LogP contribution is -2.16. The van der Waals surface area contributed by atoms with Crippen molar-refractivity contribution < 1.29 is 9.90 Å². The van der Waals surface area contributed by atoms with Gasteiger partial charge in [-0.05, 0) is 24.8 Å². The molecule has 1 atom stereocenters. The number of carboxylic acids is 1. The zero-order chi connectivity index (χ0) is 15.3. The summed E-state index contributed by atoms with van der Waals surface area (Å²) in [6.07, 6.45) is 9.24. The van der Waals surface area contributed by atoms with Crippen molar-refractivity contribution in [2.24, 2.45) is 5.18 Å². The second-order valence-corrected chi connectivity index (χ2v) is 5.46. The van der Waals surface area contributed by atoms with Crippen LogP contribution in [0.15, 0.2) is 35.5 Å². The lowest BCUT2D eigenvalue weighted by molar-refractivity contribution is -0.138. The van der Waals surface area contributed by atoms with Crippen LogP contribution in [0.25, 0.3) is 0 Å². The second kappa shape index (κ2) is 11.0. The fraction of sp³-hybridized carbons (Fsp3) is 0.588. The molecule has 4 nitrogen and oxygen atoms in total. The molecule has 0 fully saturated rings. The number of aryl methyl sites for hydroxylation is 1. The molecule has 1 N–H and O–H groups in total. The molecule has 1 aromatic rings. The molecule has 0 spiro atoms. The minimum absolute atomic E-state index is 0.368. The Morgan fingerprint density at radius 1 is 0.952 bits per heavy atom. The van der Waals surface area contributed by atoms with E-state index in [-0.39, 0.29) is 0 Å². The van der Waals surface area contributed by atoms with E-state index in [1.165, 1.54) is 31.2 Å². The van der Waals surface area contributed by atoms with E-state index in [0.29, 0.717) is 6.42 Å². The highest BCUT2D eigenvalue weighted by Crippen LogP contribution is 2.12. The van der Waals surface area contributed by atoms with Gasteiger partial charge in [-0.2, -0.15) is 0 Å². The van der Waals surface area contributed by atoms with Gasteiger partial charge in [0.05, 0.1) is 0 Å². The first-order valence-corrected chi connectivity index (χ1v) is 7.83. The molecular formula is C17H25NO3. The van der Waals surface area contributed by atoms with Gasteiger partial charge in [0.1, 0.15) is 0 Å². The number of nitrogens with zero attached hydrogens (tertiary/aromatic N) is 1. The molecule has 116 valence electrons. The first kappa shape index (κ1) is 17.3. The first-order valence-electron chi connectivity index (χ1n) is 7.83. The summed E-state index contributed by atoms with van der Waals surface area (Å²) in [5.41, 5.74) is 1.40. The summed E-state index contributed by atoms with van der Waals surface area (Å²) in [5.74, 6) is -1.11. The summed E-state index contributed by atoms with van der Waals surface area (Å²) in [6.45, 7) is 0. The van der Waals surface area contributed by atoms with E-state index in [2.05, 4.69) is 29.4 Å². The van der Waals surface area contributed by atoms with Gasteiger partial charge in [0.2, 0.25) is 0 Å². The average Bonchev–Trinajstić information content (AvgIpc) is 2.50. The quantitative estimate of drug-likeness (QED) is 0.453. The average molecular weight is 291 g/mol. The Hall–Kier alpha value is -1.71. The molecular weight excluding hydrogens is 266 g/mol. The van der Waals surface area contributed by atoms with E-state index < -0.39 is 12.0 Å². The predicted octanol–water partition coefficient (Wildman–Crippen LogP) is 4.57. The Morgan fingerprint density at radius 2 is 1.52 bits per heavy atom. The molecule has 0 aliphatic carbocycles. The van der Waals surface area contributed by atoms with Crippen LogP contribution in [0, 0.1) is 4.91 Å². The largest absolute Gasteiger partial charge is 0.480 e. The van der Waals surface area contributed by atoms with E-state index in [9.17, 15) is 9.70 Å². The number of unbranched alkanes of at least 4 members (excludes halogenated alkanes) is 6. The molecule has 0 aliphatic rings. The lowest BCUT2D eigenvalue weighted by Gasteiger charge is -2.04. The molecule has 4 heteroatoms. The Morgan fingerprint density at radius 3 is 2.10 bits per heavy atom. The minimum Gasteiger partial charge on any atom is -0.480 e. The molecule has 0 bridgehead atoms. The van der Waals surface area contributed by atoms with Crippen LogP contribution in [0.4, 0.5) is 0 Å². The van der Waals surface area contributed by atoms with Crippen molar-refractivity contribution in [2.75, 3.05) is 0 Å². The van der Waals surface area contributed by atoms with Crippen molar-refractivity contribution in [2.45, 2.75) is 63.8 Å². The molecule has 0 radical (unpaired) electrons. The van der Waals surface area contributed by atoms with E-state index in [1.54, 1.807) is 0 Å². The number of carbonyl (C=O) groups is 1.